The van der Waals surface area contributed by atoms with E-state index in [2.05, 4.69) is 5.32 Å². The first-order valence-corrected chi connectivity index (χ1v) is 7.87. The number of hydrogen-bond acceptors (Lipinski definition) is 3. The first-order chi connectivity index (χ1) is 12.3. The van der Waals surface area contributed by atoms with Crippen molar-refractivity contribution in [1.82, 2.24) is 5.32 Å². The van der Waals surface area contributed by atoms with E-state index < -0.39 is 23.7 Å². The second-order valence-electron chi connectivity index (χ2n) is 6.06. The van der Waals surface area contributed by atoms with E-state index in [1.54, 1.807) is 19.1 Å². The number of likely N-dealkylation sites (N-methyl/N-ethyl adjacent to an activating group) is 1. The van der Waals surface area contributed by atoms with Crippen molar-refractivity contribution in [1.29, 1.82) is 0 Å². The largest absolute Gasteiger partial charge is 0.452 e. The Hall–Kier alpha value is -3.16. The molecule has 3 amide bonds. The highest BCUT2D eigenvalue weighted by molar-refractivity contribution is 6.03. The fourth-order valence-electron chi connectivity index (χ4n) is 2.98. The number of rotatable bonds is 3. The zero-order chi connectivity index (χ0) is 19.0. The van der Waals surface area contributed by atoms with Crippen LogP contribution in [0.4, 0.5) is 19.3 Å². The van der Waals surface area contributed by atoms with E-state index in [-0.39, 0.29) is 23.8 Å². The summed E-state index contributed by atoms with van der Waals surface area (Å²) >= 11 is 0. The van der Waals surface area contributed by atoms with Crippen LogP contribution in [-0.2, 0) is 11.2 Å². The van der Waals surface area contributed by atoms with Gasteiger partial charge in [0.2, 0.25) is 5.91 Å². The monoisotopic (exact) mass is 361 g/mol. The van der Waals surface area contributed by atoms with E-state index >= 15 is 0 Å². The molecule has 0 unspecified atom stereocenters. The van der Waals surface area contributed by atoms with Crippen LogP contribution in [0.2, 0.25) is 0 Å². The first-order valence-electron chi connectivity index (χ1n) is 7.87. The van der Waals surface area contributed by atoms with Crippen molar-refractivity contribution >= 4 is 17.6 Å². The highest BCUT2D eigenvalue weighted by atomic mass is 19.1. The predicted octanol–water partition coefficient (Wildman–Crippen LogP) is 2.62. The van der Waals surface area contributed by atoms with Crippen LogP contribution in [0.15, 0.2) is 30.3 Å². The minimum atomic E-state index is -0.800. The summed E-state index contributed by atoms with van der Waals surface area (Å²) in [4.78, 5) is 24.9. The van der Waals surface area contributed by atoms with Crippen molar-refractivity contribution < 1.29 is 23.1 Å². The number of ether oxygens (including phenoxy) is 1. The third-order valence-corrected chi connectivity index (χ3v) is 4.22. The number of fused-ring (bicyclic) bond motifs is 1. The van der Waals surface area contributed by atoms with Crippen molar-refractivity contribution in [3.8, 4) is 11.5 Å². The molecule has 2 aromatic carbocycles. The van der Waals surface area contributed by atoms with Gasteiger partial charge in [-0.2, -0.15) is 0 Å². The van der Waals surface area contributed by atoms with Crippen molar-refractivity contribution in [3.63, 3.8) is 0 Å². The third-order valence-electron chi connectivity index (χ3n) is 4.22. The Kier molecular flexibility index (Phi) is 4.50. The average Bonchev–Trinajstić information content (AvgIpc) is 2.57. The number of benzene rings is 2. The Morgan fingerprint density at radius 2 is 2.04 bits per heavy atom. The molecular weight excluding hydrogens is 344 g/mol. The van der Waals surface area contributed by atoms with Gasteiger partial charge in [0.25, 0.3) is 0 Å². The van der Waals surface area contributed by atoms with Crippen LogP contribution in [0.25, 0.3) is 0 Å². The fourth-order valence-corrected chi connectivity index (χ4v) is 2.98. The molecule has 8 heteroatoms. The van der Waals surface area contributed by atoms with Gasteiger partial charge in [-0.3, -0.25) is 4.79 Å². The van der Waals surface area contributed by atoms with Gasteiger partial charge in [0.05, 0.1) is 5.69 Å². The van der Waals surface area contributed by atoms with E-state index in [4.69, 9.17) is 10.5 Å². The number of halogens is 2. The molecule has 0 aliphatic carbocycles. The normalized spacial score (nSPS) is 16.2. The molecule has 0 spiro atoms. The molecule has 0 saturated carbocycles. The average molecular weight is 361 g/mol. The summed E-state index contributed by atoms with van der Waals surface area (Å²) in [6.07, 6.45) is 0.212. The minimum absolute atomic E-state index is 0.212. The lowest BCUT2D eigenvalue weighted by Crippen LogP contribution is -2.53. The maximum Gasteiger partial charge on any atom is 0.312 e. The molecule has 1 aliphatic rings. The number of nitrogens with two attached hydrogens (primary N) is 1. The maximum absolute atomic E-state index is 14.0. The summed E-state index contributed by atoms with van der Waals surface area (Å²) in [5, 5.41) is 2.40. The van der Waals surface area contributed by atoms with Crippen LogP contribution in [0.5, 0.6) is 11.5 Å². The summed E-state index contributed by atoms with van der Waals surface area (Å²) < 4.78 is 33.0. The molecule has 1 aliphatic heterocycles. The number of amides is 3. The van der Waals surface area contributed by atoms with Gasteiger partial charge in [0, 0.05) is 19.5 Å². The van der Waals surface area contributed by atoms with Crippen molar-refractivity contribution in [2.45, 2.75) is 19.4 Å². The number of carbonyl (C=O) groups is 2. The second-order valence-corrected chi connectivity index (χ2v) is 6.06. The highest BCUT2D eigenvalue weighted by Gasteiger charge is 2.34. The quantitative estimate of drug-likeness (QED) is 0.881. The highest BCUT2D eigenvalue weighted by Crippen LogP contribution is 2.41. The number of nitrogens with one attached hydrogen (secondary N) is 1. The van der Waals surface area contributed by atoms with Crippen molar-refractivity contribution in [3.05, 3.63) is 53.1 Å². The molecule has 26 heavy (non-hydrogen) atoms. The molecule has 0 fully saturated rings. The summed E-state index contributed by atoms with van der Waals surface area (Å²) in [6, 6.07) is 4.84. The van der Waals surface area contributed by atoms with Gasteiger partial charge in [0.1, 0.15) is 11.9 Å². The van der Waals surface area contributed by atoms with Crippen LogP contribution >= 0.6 is 0 Å². The number of primary amides is 1. The van der Waals surface area contributed by atoms with Crippen LogP contribution in [0.3, 0.4) is 0 Å². The van der Waals surface area contributed by atoms with Crippen LogP contribution in [0.1, 0.15) is 11.1 Å². The lowest BCUT2D eigenvalue weighted by atomic mass is 9.95. The van der Waals surface area contributed by atoms with Gasteiger partial charge in [-0.1, -0.05) is 12.1 Å². The molecule has 1 heterocycles. The summed E-state index contributed by atoms with van der Waals surface area (Å²) in [7, 11) is 1.52. The molecule has 3 rings (SSSR count). The topological polar surface area (TPSA) is 84.7 Å². The number of carbonyl (C=O) groups excluding carboxylic acids is 2. The fraction of sp³-hybridized carbons (Fsp3) is 0.222. The lowest BCUT2D eigenvalue weighted by molar-refractivity contribution is -0.120. The molecule has 2 aromatic rings. The molecule has 0 radical (unpaired) electrons. The Morgan fingerprint density at radius 3 is 2.73 bits per heavy atom. The zero-order valence-electron chi connectivity index (χ0n) is 14.2. The van der Waals surface area contributed by atoms with Gasteiger partial charge in [0.15, 0.2) is 17.3 Å². The van der Waals surface area contributed by atoms with Crippen molar-refractivity contribution in [2.24, 2.45) is 5.73 Å². The van der Waals surface area contributed by atoms with E-state index in [0.29, 0.717) is 16.8 Å². The Bertz CT molecular complexity index is 901. The van der Waals surface area contributed by atoms with Gasteiger partial charge in [-0.15, -0.1) is 0 Å². The van der Waals surface area contributed by atoms with Gasteiger partial charge >= 0.3 is 6.03 Å². The predicted molar refractivity (Wildman–Crippen MR) is 91.2 cm³/mol. The maximum atomic E-state index is 14.0. The van der Waals surface area contributed by atoms with Crippen LogP contribution < -0.4 is 20.7 Å². The Labute approximate surface area is 148 Å². The number of nitrogens with zero attached hydrogens (tertiary/aromatic N) is 1. The van der Waals surface area contributed by atoms with E-state index in [9.17, 15) is 18.4 Å². The number of urea groups is 1. The molecule has 0 saturated heterocycles. The Balaban J connectivity index is 2.05. The smallest absolute Gasteiger partial charge is 0.312 e. The molecule has 136 valence electrons. The van der Waals surface area contributed by atoms with Gasteiger partial charge < -0.3 is 20.7 Å². The molecule has 6 nitrogen and oxygen atoms in total. The Morgan fingerprint density at radius 1 is 1.31 bits per heavy atom. The van der Waals surface area contributed by atoms with Crippen molar-refractivity contribution in [2.75, 3.05) is 11.9 Å². The third kappa shape index (κ3) is 3.17. The molecular formula is C18H17F2N3O3. The van der Waals surface area contributed by atoms with E-state index in [1.165, 1.54) is 11.9 Å². The molecule has 3 N–H and O–H groups in total. The standard InChI is InChI=1S/C18H17F2N3O3/c1-9-3-4-10-7-13(22-18(21)25)17(24)23(2)15(10)16(9)26-14-8-11(19)5-6-12(14)20/h3-6,8,13H,7H2,1-2H3,(H3,21,22,25)/t13-/m1/s1. The number of anilines is 1. The SMILES string of the molecule is Cc1ccc2c(c1Oc1cc(F)ccc1F)N(C)C(=O)[C@H](NC(N)=O)C2. The summed E-state index contributed by atoms with van der Waals surface area (Å²) in [6.45, 7) is 1.73. The second kappa shape index (κ2) is 6.62. The van der Waals surface area contributed by atoms with Gasteiger partial charge in [-0.25, -0.2) is 13.6 Å². The molecule has 0 aromatic heterocycles. The number of hydrogen-bond donors (Lipinski definition) is 2. The summed E-state index contributed by atoms with van der Waals surface area (Å²) in [5.41, 5.74) is 6.92. The molecule has 1 atom stereocenters. The number of aryl methyl sites for hydroxylation is 1. The minimum Gasteiger partial charge on any atom is -0.452 e. The van der Waals surface area contributed by atoms with E-state index in [0.717, 1.165) is 18.2 Å². The summed E-state index contributed by atoms with van der Waals surface area (Å²) in [5.74, 6) is -1.77. The van der Waals surface area contributed by atoms with Crippen LogP contribution in [-0.4, -0.2) is 25.0 Å². The lowest BCUT2D eigenvalue weighted by Gasteiger charge is -2.33. The van der Waals surface area contributed by atoms with Gasteiger partial charge in [-0.05, 0) is 30.2 Å². The van der Waals surface area contributed by atoms with E-state index in [1.807, 2.05) is 0 Å². The van der Waals surface area contributed by atoms with Crippen LogP contribution in [0, 0.1) is 18.6 Å². The molecule has 0 bridgehead atoms. The first kappa shape index (κ1) is 17.7. The zero-order valence-corrected chi connectivity index (χ0v) is 14.2.